The molecule has 0 unspecified atom stereocenters. The fraction of sp³-hybridized carbons (Fsp3) is 0.227. The quantitative estimate of drug-likeness (QED) is 0.620. The molecule has 1 aliphatic heterocycles. The largest absolute Gasteiger partial charge is 0.335 e. The molecular weight excluding hydrogens is 426 g/mol. The lowest BCUT2D eigenvalue weighted by Gasteiger charge is -2.34. The normalized spacial score (nSPS) is 14.1. The number of aryl methyl sites for hydroxylation is 1. The van der Waals surface area contributed by atoms with Crippen LogP contribution in [0.15, 0.2) is 48.7 Å². The van der Waals surface area contributed by atoms with Gasteiger partial charge in [0, 0.05) is 61.6 Å². The number of rotatable bonds is 3. The van der Waals surface area contributed by atoms with E-state index in [0.717, 1.165) is 12.1 Å². The lowest BCUT2D eigenvalue weighted by atomic mass is 10.1. The predicted molar refractivity (Wildman–Crippen MR) is 112 cm³/mol. The smallest absolute Gasteiger partial charge is 0.257 e. The molecule has 160 valence electrons. The topological polar surface area (TPSA) is 58.4 Å². The van der Waals surface area contributed by atoms with Crippen LogP contribution in [-0.4, -0.2) is 57.6 Å². The second kappa shape index (κ2) is 8.47. The Kier molecular flexibility index (Phi) is 5.73. The first-order valence-electron chi connectivity index (χ1n) is 9.66. The molecule has 1 fully saturated rings. The number of piperazine rings is 1. The van der Waals surface area contributed by atoms with E-state index in [2.05, 4.69) is 5.10 Å². The van der Waals surface area contributed by atoms with Gasteiger partial charge in [0.15, 0.2) is 0 Å². The van der Waals surface area contributed by atoms with Crippen LogP contribution in [0.25, 0.3) is 11.3 Å². The van der Waals surface area contributed by atoms with Crippen molar-refractivity contribution in [1.82, 2.24) is 19.6 Å². The zero-order valence-electron chi connectivity index (χ0n) is 16.7. The summed E-state index contributed by atoms with van der Waals surface area (Å²) in [5.41, 5.74) is 0.929. The highest BCUT2D eigenvalue weighted by Gasteiger charge is 2.29. The van der Waals surface area contributed by atoms with Gasteiger partial charge in [0.05, 0.1) is 5.56 Å². The minimum atomic E-state index is -0.787. The van der Waals surface area contributed by atoms with E-state index < -0.39 is 11.6 Å². The first-order valence-corrected chi connectivity index (χ1v) is 10.0. The average Bonchev–Trinajstić information content (AvgIpc) is 3.14. The van der Waals surface area contributed by atoms with Crippen molar-refractivity contribution in [3.8, 4) is 11.3 Å². The van der Waals surface area contributed by atoms with E-state index in [1.807, 2.05) is 0 Å². The molecule has 1 saturated heterocycles. The van der Waals surface area contributed by atoms with Crippen molar-refractivity contribution in [2.24, 2.45) is 7.05 Å². The van der Waals surface area contributed by atoms with Crippen molar-refractivity contribution < 1.29 is 18.4 Å². The van der Waals surface area contributed by atoms with Crippen molar-refractivity contribution >= 4 is 23.4 Å². The molecular formula is C22H19ClF2N4O2. The number of nitrogens with zero attached hydrogens (tertiary/aromatic N) is 4. The number of aromatic nitrogens is 2. The van der Waals surface area contributed by atoms with Gasteiger partial charge >= 0.3 is 0 Å². The Morgan fingerprint density at radius 3 is 2.29 bits per heavy atom. The van der Waals surface area contributed by atoms with Gasteiger partial charge in [-0.15, -0.1) is 0 Å². The maximum Gasteiger partial charge on any atom is 0.257 e. The van der Waals surface area contributed by atoms with Gasteiger partial charge in [0.1, 0.15) is 17.3 Å². The molecule has 31 heavy (non-hydrogen) atoms. The summed E-state index contributed by atoms with van der Waals surface area (Å²) >= 11 is 5.97. The Hall–Kier alpha value is -3.26. The molecule has 6 nitrogen and oxygen atoms in total. The molecule has 2 heterocycles. The highest BCUT2D eigenvalue weighted by atomic mass is 35.5. The monoisotopic (exact) mass is 444 g/mol. The molecule has 0 bridgehead atoms. The highest BCUT2D eigenvalue weighted by Crippen LogP contribution is 2.27. The van der Waals surface area contributed by atoms with E-state index in [0.29, 0.717) is 36.8 Å². The van der Waals surface area contributed by atoms with E-state index in [1.54, 1.807) is 41.1 Å². The van der Waals surface area contributed by atoms with Gasteiger partial charge in [-0.05, 0) is 30.3 Å². The van der Waals surface area contributed by atoms with Crippen LogP contribution >= 0.6 is 11.6 Å². The third kappa shape index (κ3) is 4.29. The fourth-order valence-electron chi connectivity index (χ4n) is 3.61. The number of hydrogen-bond donors (Lipinski definition) is 0. The molecule has 2 aromatic carbocycles. The van der Waals surface area contributed by atoms with Crippen LogP contribution in [0.3, 0.4) is 0 Å². The third-order valence-electron chi connectivity index (χ3n) is 5.17. The van der Waals surface area contributed by atoms with Crippen LogP contribution in [0.5, 0.6) is 0 Å². The standard InChI is InChI=1S/C22H19ClF2N4O2/c1-27-13-18(20(26-27)17-6-5-16(24)12-19(17)25)22(31)29-9-7-28(8-10-29)21(30)14-3-2-4-15(23)11-14/h2-6,11-13H,7-10H2,1H3. The average molecular weight is 445 g/mol. The van der Waals surface area contributed by atoms with Crippen LogP contribution < -0.4 is 0 Å². The minimum absolute atomic E-state index is 0.0557. The van der Waals surface area contributed by atoms with Crippen LogP contribution in [0.2, 0.25) is 5.02 Å². The van der Waals surface area contributed by atoms with Gasteiger partial charge in [-0.2, -0.15) is 5.10 Å². The van der Waals surface area contributed by atoms with Crippen LogP contribution in [0.1, 0.15) is 20.7 Å². The van der Waals surface area contributed by atoms with E-state index in [1.165, 1.54) is 16.9 Å². The Labute approximate surface area is 182 Å². The van der Waals surface area contributed by atoms with Crippen molar-refractivity contribution in [2.75, 3.05) is 26.2 Å². The molecule has 2 amide bonds. The Balaban J connectivity index is 1.50. The first kappa shape index (κ1) is 21.0. The van der Waals surface area contributed by atoms with E-state index in [-0.39, 0.29) is 28.6 Å². The van der Waals surface area contributed by atoms with Crippen LogP contribution in [0.4, 0.5) is 8.78 Å². The summed E-state index contributed by atoms with van der Waals surface area (Å²) in [5, 5.41) is 4.69. The predicted octanol–water partition coefficient (Wildman–Crippen LogP) is 3.62. The molecule has 0 saturated carbocycles. The molecule has 0 atom stereocenters. The van der Waals surface area contributed by atoms with E-state index in [9.17, 15) is 18.4 Å². The van der Waals surface area contributed by atoms with Crippen molar-refractivity contribution in [1.29, 1.82) is 0 Å². The molecule has 0 spiro atoms. The first-order chi connectivity index (χ1) is 14.8. The minimum Gasteiger partial charge on any atom is -0.335 e. The van der Waals surface area contributed by atoms with Crippen molar-refractivity contribution in [3.05, 3.63) is 76.4 Å². The Morgan fingerprint density at radius 1 is 0.968 bits per heavy atom. The summed E-state index contributed by atoms with van der Waals surface area (Å²) in [6, 6.07) is 9.88. The summed E-state index contributed by atoms with van der Waals surface area (Å²) < 4.78 is 29.0. The lowest BCUT2D eigenvalue weighted by Crippen LogP contribution is -2.50. The summed E-state index contributed by atoms with van der Waals surface area (Å²) in [6.45, 7) is 1.37. The van der Waals surface area contributed by atoms with Gasteiger partial charge in [-0.3, -0.25) is 14.3 Å². The number of benzene rings is 2. The van der Waals surface area contributed by atoms with Gasteiger partial charge in [-0.25, -0.2) is 8.78 Å². The molecule has 0 radical (unpaired) electrons. The summed E-state index contributed by atoms with van der Waals surface area (Å²) in [6.07, 6.45) is 1.52. The zero-order valence-corrected chi connectivity index (χ0v) is 17.4. The molecule has 3 aromatic rings. The van der Waals surface area contributed by atoms with E-state index >= 15 is 0 Å². The summed E-state index contributed by atoms with van der Waals surface area (Å²) in [7, 11) is 1.63. The molecule has 9 heteroatoms. The van der Waals surface area contributed by atoms with Crippen LogP contribution in [-0.2, 0) is 7.05 Å². The highest BCUT2D eigenvalue weighted by molar-refractivity contribution is 6.30. The van der Waals surface area contributed by atoms with Crippen molar-refractivity contribution in [3.63, 3.8) is 0 Å². The van der Waals surface area contributed by atoms with Crippen molar-refractivity contribution in [2.45, 2.75) is 0 Å². The Morgan fingerprint density at radius 2 is 1.65 bits per heavy atom. The third-order valence-corrected chi connectivity index (χ3v) is 5.41. The molecule has 0 aliphatic carbocycles. The second-order valence-electron chi connectivity index (χ2n) is 7.28. The fourth-order valence-corrected chi connectivity index (χ4v) is 3.80. The SMILES string of the molecule is Cn1cc(C(=O)N2CCN(C(=O)c3cccc(Cl)c3)CC2)c(-c2ccc(F)cc2F)n1. The van der Waals surface area contributed by atoms with E-state index in [4.69, 9.17) is 11.6 Å². The number of hydrogen-bond acceptors (Lipinski definition) is 3. The summed E-state index contributed by atoms with van der Waals surface area (Å²) in [4.78, 5) is 29.1. The molecule has 1 aromatic heterocycles. The van der Waals surface area contributed by atoms with Gasteiger partial charge in [0.2, 0.25) is 0 Å². The maximum atomic E-state index is 14.3. The molecule has 1 aliphatic rings. The Bertz CT molecular complexity index is 1160. The lowest BCUT2D eigenvalue weighted by molar-refractivity contribution is 0.0536. The number of carbonyl (C=O) groups excluding carboxylic acids is 2. The van der Waals surface area contributed by atoms with Gasteiger partial charge < -0.3 is 9.80 Å². The summed E-state index contributed by atoms with van der Waals surface area (Å²) in [5.74, 6) is -1.96. The zero-order chi connectivity index (χ0) is 22.1. The number of halogens is 3. The maximum absolute atomic E-state index is 14.3. The molecule has 4 rings (SSSR count). The van der Waals surface area contributed by atoms with Gasteiger partial charge in [0.25, 0.3) is 11.8 Å². The van der Waals surface area contributed by atoms with Gasteiger partial charge in [-0.1, -0.05) is 17.7 Å². The number of carbonyl (C=O) groups is 2. The molecule has 0 N–H and O–H groups in total. The number of amides is 2. The van der Waals surface area contributed by atoms with Crippen LogP contribution in [0, 0.1) is 11.6 Å². The second-order valence-corrected chi connectivity index (χ2v) is 7.72.